The van der Waals surface area contributed by atoms with Crippen LogP contribution in [0.15, 0.2) is 24.3 Å². The van der Waals surface area contributed by atoms with Gasteiger partial charge in [-0.3, -0.25) is 0 Å². The monoisotopic (exact) mass is 168 g/mol. The van der Waals surface area contributed by atoms with Gasteiger partial charge in [0.2, 0.25) is 0 Å². The molecule has 1 aromatic rings. The minimum absolute atomic E-state index is 0.240. The predicted octanol–water partition coefficient (Wildman–Crippen LogP) is 1.68. The zero-order valence-electron chi connectivity index (χ0n) is 7.15. The van der Waals surface area contributed by atoms with Crippen molar-refractivity contribution in [2.75, 3.05) is 14.2 Å². The lowest BCUT2D eigenvalue weighted by molar-refractivity contribution is -0.106. The quantitative estimate of drug-likeness (QED) is 0.698. The van der Waals surface area contributed by atoms with E-state index in [-0.39, 0.29) is 12.0 Å². The van der Waals surface area contributed by atoms with Gasteiger partial charge in [0, 0.05) is 19.8 Å². The minimum atomic E-state index is -0.356. The van der Waals surface area contributed by atoms with Crippen molar-refractivity contribution in [1.29, 1.82) is 0 Å². The fraction of sp³-hybridized carbons (Fsp3) is 0.333. The number of hydrogen-bond acceptors (Lipinski definition) is 3. The van der Waals surface area contributed by atoms with Gasteiger partial charge in [-0.1, -0.05) is 12.1 Å². The lowest BCUT2D eigenvalue weighted by atomic mass is 10.2. The fourth-order valence-electron chi connectivity index (χ4n) is 1.000. The second kappa shape index (κ2) is 4.09. The zero-order chi connectivity index (χ0) is 8.97. The molecule has 0 radical (unpaired) electrons. The Balaban J connectivity index is 2.80. The van der Waals surface area contributed by atoms with E-state index in [2.05, 4.69) is 0 Å². The number of phenolic OH excluding ortho intramolecular Hbond substituents is 1. The number of rotatable bonds is 3. The molecule has 0 heterocycles. The average Bonchev–Trinajstić information content (AvgIpc) is 2.10. The summed E-state index contributed by atoms with van der Waals surface area (Å²) in [6.45, 7) is 0. The maximum atomic E-state index is 9.00. The van der Waals surface area contributed by atoms with Crippen molar-refractivity contribution in [2.24, 2.45) is 0 Å². The third-order valence-corrected chi connectivity index (χ3v) is 1.59. The first-order valence-corrected chi connectivity index (χ1v) is 3.62. The highest BCUT2D eigenvalue weighted by Gasteiger charge is 2.07. The minimum Gasteiger partial charge on any atom is -0.508 e. The molecule has 1 aromatic carbocycles. The van der Waals surface area contributed by atoms with Gasteiger partial charge in [0.1, 0.15) is 5.75 Å². The van der Waals surface area contributed by atoms with E-state index in [4.69, 9.17) is 14.6 Å². The van der Waals surface area contributed by atoms with Crippen LogP contribution in [0, 0.1) is 0 Å². The highest BCUT2D eigenvalue weighted by atomic mass is 16.7. The maximum absolute atomic E-state index is 9.00. The molecule has 0 aliphatic rings. The van der Waals surface area contributed by atoms with Crippen molar-refractivity contribution in [3.8, 4) is 5.75 Å². The summed E-state index contributed by atoms with van der Waals surface area (Å²) >= 11 is 0. The van der Waals surface area contributed by atoms with E-state index in [9.17, 15) is 0 Å². The second-order valence-electron chi connectivity index (χ2n) is 2.39. The van der Waals surface area contributed by atoms with E-state index in [1.807, 2.05) is 0 Å². The molecule has 0 unspecified atom stereocenters. The summed E-state index contributed by atoms with van der Waals surface area (Å²) in [4.78, 5) is 0. The van der Waals surface area contributed by atoms with Crippen molar-refractivity contribution in [1.82, 2.24) is 0 Å². The van der Waals surface area contributed by atoms with Crippen LogP contribution in [0.5, 0.6) is 5.75 Å². The molecule has 0 aliphatic carbocycles. The zero-order valence-corrected chi connectivity index (χ0v) is 7.15. The number of methoxy groups -OCH3 is 2. The molecule has 0 saturated heterocycles. The molecule has 12 heavy (non-hydrogen) atoms. The third-order valence-electron chi connectivity index (χ3n) is 1.59. The van der Waals surface area contributed by atoms with E-state index in [1.54, 1.807) is 38.5 Å². The van der Waals surface area contributed by atoms with Crippen LogP contribution in [0.3, 0.4) is 0 Å². The third kappa shape index (κ3) is 1.96. The maximum Gasteiger partial charge on any atom is 0.183 e. The Morgan fingerprint density at radius 3 is 2.00 bits per heavy atom. The van der Waals surface area contributed by atoms with Crippen LogP contribution in [-0.2, 0) is 9.47 Å². The summed E-state index contributed by atoms with van der Waals surface area (Å²) in [5.41, 5.74) is 0.887. The molecule has 0 spiro atoms. The first-order chi connectivity index (χ1) is 5.77. The van der Waals surface area contributed by atoms with E-state index < -0.39 is 0 Å². The first kappa shape index (κ1) is 9.03. The Labute approximate surface area is 71.5 Å². The number of ether oxygens (including phenoxy) is 2. The first-order valence-electron chi connectivity index (χ1n) is 3.62. The van der Waals surface area contributed by atoms with Crippen LogP contribution in [0.25, 0.3) is 0 Å². The standard InChI is InChI=1S/C9H12O3/c1-11-9(12-2)7-3-5-8(10)6-4-7/h3-6,9-10H,1-2H3. The van der Waals surface area contributed by atoms with Crippen molar-refractivity contribution in [3.05, 3.63) is 29.8 Å². The number of benzene rings is 1. The van der Waals surface area contributed by atoms with E-state index in [0.717, 1.165) is 5.56 Å². The largest absolute Gasteiger partial charge is 0.508 e. The van der Waals surface area contributed by atoms with Crippen molar-refractivity contribution in [2.45, 2.75) is 6.29 Å². The highest BCUT2D eigenvalue weighted by molar-refractivity contribution is 5.26. The van der Waals surface area contributed by atoms with Gasteiger partial charge in [0.15, 0.2) is 6.29 Å². The molecule has 3 heteroatoms. The van der Waals surface area contributed by atoms with Gasteiger partial charge in [-0.15, -0.1) is 0 Å². The average molecular weight is 168 g/mol. The Morgan fingerprint density at radius 2 is 1.58 bits per heavy atom. The smallest absolute Gasteiger partial charge is 0.183 e. The number of aromatic hydroxyl groups is 1. The van der Waals surface area contributed by atoms with E-state index >= 15 is 0 Å². The van der Waals surface area contributed by atoms with Crippen molar-refractivity contribution in [3.63, 3.8) is 0 Å². The Morgan fingerprint density at radius 1 is 1.08 bits per heavy atom. The van der Waals surface area contributed by atoms with Gasteiger partial charge in [-0.25, -0.2) is 0 Å². The Kier molecular flexibility index (Phi) is 3.08. The molecule has 1 N–H and O–H groups in total. The van der Waals surface area contributed by atoms with Gasteiger partial charge >= 0.3 is 0 Å². The molecule has 0 saturated carbocycles. The van der Waals surface area contributed by atoms with Crippen LogP contribution in [0.4, 0.5) is 0 Å². The summed E-state index contributed by atoms with van der Waals surface area (Å²) in [5, 5.41) is 9.00. The van der Waals surface area contributed by atoms with Gasteiger partial charge in [-0.2, -0.15) is 0 Å². The summed E-state index contributed by atoms with van der Waals surface area (Å²) in [7, 11) is 3.14. The van der Waals surface area contributed by atoms with Crippen LogP contribution in [0.1, 0.15) is 11.9 Å². The van der Waals surface area contributed by atoms with Gasteiger partial charge < -0.3 is 14.6 Å². The predicted molar refractivity (Wildman–Crippen MR) is 44.9 cm³/mol. The Bertz CT molecular complexity index is 226. The molecular formula is C9H12O3. The normalized spacial score (nSPS) is 10.6. The lowest BCUT2D eigenvalue weighted by Crippen LogP contribution is -2.02. The summed E-state index contributed by atoms with van der Waals surface area (Å²) in [6.07, 6.45) is -0.356. The number of hydrogen-bond donors (Lipinski definition) is 1. The highest BCUT2D eigenvalue weighted by Crippen LogP contribution is 2.19. The molecule has 66 valence electrons. The van der Waals surface area contributed by atoms with Gasteiger partial charge in [-0.05, 0) is 12.1 Å². The molecule has 0 aliphatic heterocycles. The molecule has 0 atom stereocenters. The van der Waals surface area contributed by atoms with E-state index in [1.165, 1.54) is 0 Å². The molecule has 0 aromatic heterocycles. The second-order valence-corrected chi connectivity index (χ2v) is 2.39. The molecule has 1 rings (SSSR count). The van der Waals surface area contributed by atoms with E-state index in [0.29, 0.717) is 0 Å². The van der Waals surface area contributed by atoms with Crippen LogP contribution in [0.2, 0.25) is 0 Å². The van der Waals surface area contributed by atoms with Crippen molar-refractivity contribution < 1.29 is 14.6 Å². The summed E-state index contributed by atoms with van der Waals surface area (Å²) in [6, 6.07) is 6.71. The van der Waals surface area contributed by atoms with Gasteiger partial charge in [0.05, 0.1) is 0 Å². The van der Waals surface area contributed by atoms with Crippen LogP contribution in [-0.4, -0.2) is 19.3 Å². The van der Waals surface area contributed by atoms with Crippen LogP contribution >= 0.6 is 0 Å². The molecule has 0 bridgehead atoms. The summed E-state index contributed by atoms with van der Waals surface area (Å²) < 4.78 is 10.0. The fourth-order valence-corrected chi connectivity index (χ4v) is 1.000. The Hall–Kier alpha value is -1.06. The SMILES string of the molecule is COC(OC)c1ccc(O)cc1. The molecular weight excluding hydrogens is 156 g/mol. The lowest BCUT2D eigenvalue weighted by Gasteiger charge is -2.12. The molecule has 0 fully saturated rings. The number of phenols is 1. The van der Waals surface area contributed by atoms with Crippen molar-refractivity contribution >= 4 is 0 Å². The summed E-state index contributed by atoms with van der Waals surface area (Å²) in [5.74, 6) is 0.240. The topological polar surface area (TPSA) is 38.7 Å². The molecule has 0 amide bonds. The molecule has 3 nitrogen and oxygen atoms in total. The van der Waals surface area contributed by atoms with Gasteiger partial charge in [0.25, 0.3) is 0 Å². The van der Waals surface area contributed by atoms with Crippen LogP contribution < -0.4 is 0 Å².